The Hall–Kier alpha value is 0.0249. The smallest absolute Gasteiger partial charge is 0.166 e. The first kappa shape index (κ1) is 6.15. The molecule has 2 heteroatoms. The van der Waals surface area contributed by atoms with Gasteiger partial charge in [-0.2, -0.15) is 0 Å². The maximum Gasteiger partial charge on any atom is 0.166 e. The van der Waals surface area contributed by atoms with E-state index in [1.165, 1.54) is 32.1 Å². The molecule has 0 aromatic carbocycles. The molecule has 48 valence electrons. The zero-order valence-corrected chi connectivity index (χ0v) is 4.69. The van der Waals surface area contributed by atoms with Gasteiger partial charge in [-0.25, -0.2) is 0 Å². The lowest BCUT2D eigenvalue weighted by atomic mass is 9.94. The molecule has 1 fully saturated rings. The standard InChI is InChI=1S/C6H16BN/c7-8-6-4-2-1-3-5-6/h6H,1-5,8H2,7H3. The molecular weight excluding hydrogens is 96.9 g/mol. The van der Waals surface area contributed by atoms with Gasteiger partial charge in [0.1, 0.15) is 0 Å². The van der Waals surface area contributed by atoms with Gasteiger partial charge in [-0.1, -0.05) is 6.42 Å². The topological polar surface area (TPSA) is 16.6 Å². The van der Waals surface area contributed by atoms with Gasteiger partial charge in [0, 0.05) is 6.04 Å². The Morgan fingerprint density at radius 3 is 2.12 bits per heavy atom. The van der Waals surface area contributed by atoms with Gasteiger partial charge in [-0.3, -0.25) is 0 Å². The van der Waals surface area contributed by atoms with Crippen LogP contribution in [0.25, 0.3) is 0 Å². The van der Waals surface area contributed by atoms with E-state index in [2.05, 4.69) is 5.23 Å². The molecule has 2 N–H and O–H groups in total. The van der Waals surface area contributed by atoms with E-state index in [-0.39, 0.29) is 0 Å². The van der Waals surface area contributed by atoms with Crippen molar-refractivity contribution in [1.82, 2.24) is 0 Å². The van der Waals surface area contributed by atoms with Crippen molar-refractivity contribution in [3.8, 4) is 0 Å². The lowest BCUT2D eigenvalue weighted by Crippen LogP contribution is -2.88. The second kappa shape index (κ2) is 3.13. The third-order valence-corrected chi connectivity index (χ3v) is 1.65. The number of hydrogen-bond acceptors (Lipinski definition) is 0. The van der Waals surface area contributed by atoms with Crippen LogP contribution in [0.4, 0.5) is 0 Å². The number of rotatable bonds is 1. The molecule has 0 aliphatic heterocycles. The van der Waals surface area contributed by atoms with Crippen molar-refractivity contribution >= 4 is 7.98 Å². The summed E-state index contributed by atoms with van der Waals surface area (Å²) < 4.78 is 0. The van der Waals surface area contributed by atoms with Gasteiger partial charge in [0.2, 0.25) is 0 Å². The quantitative estimate of drug-likeness (QED) is 0.427. The molecule has 1 nitrogen and oxygen atoms in total. The van der Waals surface area contributed by atoms with E-state index in [1.54, 1.807) is 0 Å². The van der Waals surface area contributed by atoms with Crippen LogP contribution in [0.2, 0.25) is 0 Å². The van der Waals surface area contributed by atoms with Gasteiger partial charge in [-0.05, 0) is 25.7 Å². The number of quaternary nitrogens is 1. The molecule has 0 atom stereocenters. The summed E-state index contributed by atoms with van der Waals surface area (Å²) in [7, 11) is 0.597. The highest BCUT2D eigenvalue weighted by atomic mass is 14.8. The summed E-state index contributed by atoms with van der Waals surface area (Å²) in [5.41, 5.74) is 0. The number of hydrogen-bond donors (Lipinski definition) is 1. The second-order valence-corrected chi connectivity index (χ2v) is 2.40. The van der Waals surface area contributed by atoms with Crippen molar-refractivity contribution in [2.75, 3.05) is 0 Å². The van der Waals surface area contributed by atoms with E-state index in [1.807, 2.05) is 0 Å². The Balaban J connectivity index is 2.13. The normalized spacial score (nSPS) is 23.6. The van der Waals surface area contributed by atoms with E-state index in [0.29, 0.717) is 7.98 Å². The molecule has 0 heterocycles. The van der Waals surface area contributed by atoms with E-state index in [9.17, 15) is 0 Å². The van der Waals surface area contributed by atoms with Gasteiger partial charge in [-0.15, -0.1) is 0 Å². The van der Waals surface area contributed by atoms with Crippen LogP contribution in [-0.2, 0) is 0 Å². The van der Waals surface area contributed by atoms with Crippen molar-refractivity contribution < 1.29 is 5.23 Å². The number of nitrogens with two attached hydrogens (primary N) is 1. The van der Waals surface area contributed by atoms with E-state index in [4.69, 9.17) is 0 Å². The first-order valence-electron chi connectivity index (χ1n) is 3.15. The van der Waals surface area contributed by atoms with E-state index >= 15 is 0 Å². The third kappa shape index (κ3) is 1.51. The summed E-state index contributed by atoms with van der Waals surface area (Å²) in [6, 6.07) is 1.07. The van der Waals surface area contributed by atoms with Gasteiger partial charge in [0.05, 0.1) is 0 Å². The summed E-state index contributed by atoms with van der Waals surface area (Å²) in [5, 5.41) is 2.61. The summed E-state index contributed by atoms with van der Waals surface area (Å²) in [6.45, 7) is 0. The first-order valence-corrected chi connectivity index (χ1v) is 3.15. The molecule has 1 aliphatic rings. The van der Waals surface area contributed by atoms with Crippen molar-refractivity contribution in [2.45, 2.75) is 38.1 Å². The Labute approximate surface area is 52.3 Å². The second-order valence-electron chi connectivity index (χ2n) is 2.40. The van der Waals surface area contributed by atoms with Gasteiger partial charge in [0.25, 0.3) is 0 Å². The fourth-order valence-corrected chi connectivity index (χ4v) is 1.13. The molecule has 8 heavy (non-hydrogen) atoms. The lowest BCUT2D eigenvalue weighted by molar-refractivity contribution is -0.554. The fraction of sp³-hybridized carbons (Fsp3) is 1.00. The van der Waals surface area contributed by atoms with E-state index < -0.39 is 0 Å². The largest absolute Gasteiger partial charge is 0.541 e. The van der Waals surface area contributed by atoms with Crippen molar-refractivity contribution in [2.24, 2.45) is 0 Å². The first-order chi connectivity index (χ1) is 3.93. The van der Waals surface area contributed by atoms with Gasteiger partial charge >= 0.3 is 0 Å². The predicted molar refractivity (Wildman–Crippen MR) is 38.7 cm³/mol. The molecule has 0 aromatic rings. The fourth-order valence-electron chi connectivity index (χ4n) is 1.13. The Morgan fingerprint density at radius 1 is 1.12 bits per heavy atom. The molecular formula is C6H16BN. The molecule has 0 spiro atoms. The Kier molecular flexibility index (Phi) is 2.41. The van der Waals surface area contributed by atoms with Crippen molar-refractivity contribution in [3.05, 3.63) is 0 Å². The summed E-state index contributed by atoms with van der Waals surface area (Å²) in [6.07, 6.45) is 7.55. The highest BCUT2D eigenvalue weighted by molar-refractivity contribution is 5.93. The molecule has 0 amide bonds. The van der Waals surface area contributed by atoms with Crippen LogP contribution >= 0.6 is 0 Å². The minimum absolute atomic E-state index is 0.597. The molecule has 0 aromatic heterocycles. The highest BCUT2D eigenvalue weighted by Crippen LogP contribution is 2.14. The predicted octanol–water partition coefficient (Wildman–Crippen LogP) is -0.837. The molecule has 0 unspecified atom stereocenters. The third-order valence-electron chi connectivity index (χ3n) is 1.65. The Bertz CT molecular complexity index is 59.5. The van der Waals surface area contributed by atoms with Crippen molar-refractivity contribution in [3.63, 3.8) is 0 Å². The maximum absolute atomic E-state index is 2.61. The van der Waals surface area contributed by atoms with E-state index in [0.717, 1.165) is 6.04 Å². The minimum Gasteiger partial charge on any atom is -0.541 e. The highest BCUT2D eigenvalue weighted by Gasteiger charge is 2.10. The molecule has 1 aliphatic carbocycles. The van der Waals surface area contributed by atoms with Gasteiger partial charge in [0.15, 0.2) is 7.98 Å². The van der Waals surface area contributed by atoms with Crippen LogP contribution in [0, 0.1) is 0 Å². The maximum atomic E-state index is 2.61. The summed E-state index contributed by atoms with van der Waals surface area (Å²) in [5.74, 6) is 0. The zero-order valence-electron chi connectivity index (χ0n) is 4.69. The molecule has 1 saturated carbocycles. The average molecular weight is 113 g/mol. The summed E-state index contributed by atoms with van der Waals surface area (Å²) >= 11 is 0. The van der Waals surface area contributed by atoms with Crippen LogP contribution in [0.5, 0.6) is 0 Å². The average Bonchev–Trinajstić information content (AvgIpc) is 1.90. The minimum atomic E-state index is 0.597. The van der Waals surface area contributed by atoms with Crippen LogP contribution in [-0.4, -0.2) is 14.0 Å². The Morgan fingerprint density at radius 2 is 1.75 bits per heavy atom. The van der Waals surface area contributed by atoms with Crippen LogP contribution in [0.1, 0.15) is 32.1 Å². The zero-order chi connectivity index (χ0) is 5.82. The monoisotopic (exact) mass is 113 g/mol. The lowest BCUT2D eigenvalue weighted by Gasteiger charge is -2.20. The molecule has 1 rings (SSSR count). The SMILES string of the molecule is [BH3-][NH2+]C1CCCCC1. The van der Waals surface area contributed by atoms with Crippen LogP contribution in [0.3, 0.4) is 0 Å². The van der Waals surface area contributed by atoms with Gasteiger partial charge < -0.3 is 5.23 Å². The van der Waals surface area contributed by atoms with Crippen LogP contribution < -0.4 is 5.23 Å². The van der Waals surface area contributed by atoms with Crippen LogP contribution in [0.15, 0.2) is 0 Å². The molecule has 0 saturated heterocycles. The summed E-state index contributed by atoms with van der Waals surface area (Å²) in [4.78, 5) is 0. The van der Waals surface area contributed by atoms with Crippen molar-refractivity contribution in [1.29, 1.82) is 0 Å². The molecule has 0 radical (unpaired) electrons. The molecule has 0 bridgehead atoms.